The Balaban J connectivity index is 1.58. The van der Waals surface area contributed by atoms with Crippen LogP contribution in [0.1, 0.15) is 11.3 Å². The first-order chi connectivity index (χ1) is 14.8. The molecule has 0 N–H and O–H groups in total. The van der Waals surface area contributed by atoms with E-state index in [2.05, 4.69) is 14.2 Å². The summed E-state index contributed by atoms with van der Waals surface area (Å²) >= 11 is 0. The van der Waals surface area contributed by atoms with Crippen LogP contribution < -0.4 is 9.47 Å². The third-order valence-corrected chi connectivity index (χ3v) is 9.87. The molecule has 1 aromatic rings. The number of fused-ring (bicyclic) bond motifs is 1. The van der Waals surface area contributed by atoms with Crippen LogP contribution in [0.4, 0.5) is 0 Å². The molecule has 3 fully saturated rings. The summed E-state index contributed by atoms with van der Waals surface area (Å²) in [7, 11) is -3.02. The number of hydrogen-bond donors (Lipinski definition) is 0. The molecular formula is C20H30N3O6P. The summed E-state index contributed by atoms with van der Waals surface area (Å²) in [6, 6.07) is 5.99. The summed E-state index contributed by atoms with van der Waals surface area (Å²) in [6.45, 7) is 8.09. The van der Waals surface area contributed by atoms with E-state index in [9.17, 15) is 0 Å². The van der Waals surface area contributed by atoms with Crippen LogP contribution in [0.2, 0.25) is 0 Å². The Hall–Kier alpha value is -1.19. The van der Waals surface area contributed by atoms with Crippen LogP contribution in [0.25, 0.3) is 0 Å². The molecule has 166 valence electrons. The minimum atomic E-state index is -3.02. The molecule has 4 heterocycles. The lowest BCUT2D eigenvalue weighted by Crippen LogP contribution is -2.49. The maximum atomic E-state index is 15.2. The molecule has 0 spiro atoms. The largest absolute Gasteiger partial charge is 0.454 e. The van der Waals surface area contributed by atoms with E-state index in [0.29, 0.717) is 65.8 Å². The highest BCUT2D eigenvalue weighted by Gasteiger charge is 2.49. The van der Waals surface area contributed by atoms with Gasteiger partial charge in [-0.05, 0) is 17.7 Å². The zero-order chi connectivity index (χ0) is 20.4. The molecule has 1 atom stereocenters. The SMILES string of the molecule is O=P([C@H](c1ccc2c(c1)OCO2)N1CCOCC1)(N1CCOCC1)N1CCOCC1. The maximum Gasteiger partial charge on any atom is 0.237 e. The summed E-state index contributed by atoms with van der Waals surface area (Å²) in [5, 5.41) is 0. The molecule has 0 unspecified atom stereocenters. The van der Waals surface area contributed by atoms with Crippen molar-refractivity contribution < 1.29 is 28.2 Å². The normalized spacial score (nSPS) is 25.3. The number of rotatable bonds is 5. The van der Waals surface area contributed by atoms with Crippen LogP contribution in [-0.4, -0.2) is 99.9 Å². The summed E-state index contributed by atoms with van der Waals surface area (Å²) in [5.41, 5.74) is 1.00. The Kier molecular flexibility index (Phi) is 6.29. The molecule has 10 heteroatoms. The fourth-order valence-electron chi connectivity index (χ4n) is 4.68. The Labute approximate surface area is 177 Å². The molecule has 0 bridgehead atoms. The van der Waals surface area contributed by atoms with Crippen LogP contribution in [0.5, 0.6) is 11.5 Å². The molecule has 4 aliphatic heterocycles. The number of hydrogen-bond acceptors (Lipinski definition) is 7. The predicted molar refractivity (Wildman–Crippen MR) is 110 cm³/mol. The number of benzene rings is 1. The van der Waals surface area contributed by atoms with E-state index in [0.717, 1.165) is 30.2 Å². The van der Waals surface area contributed by atoms with E-state index < -0.39 is 7.44 Å². The molecule has 3 saturated heterocycles. The lowest BCUT2D eigenvalue weighted by Gasteiger charge is -2.49. The number of ether oxygens (including phenoxy) is 5. The van der Waals surface area contributed by atoms with Gasteiger partial charge in [0.1, 0.15) is 5.78 Å². The number of nitrogens with zero attached hydrogens (tertiary/aromatic N) is 3. The van der Waals surface area contributed by atoms with Crippen molar-refractivity contribution in [3.05, 3.63) is 23.8 Å². The summed E-state index contributed by atoms with van der Waals surface area (Å²) in [4.78, 5) is 2.33. The van der Waals surface area contributed by atoms with Crippen molar-refractivity contribution in [2.75, 3.05) is 85.7 Å². The predicted octanol–water partition coefficient (Wildman–Crippen LogP) is 1.60. The zero-order valence-electron chi connectivity index (χ0n) is 17.2. The van der Waals surface area contributed by atoms with Gasteiger partial charge in [0.2, 0.25) is 14.2 Å². The van der Waals surface area contributed by atoms with Crippen LogP contribution in [0.15, 0.2) is 18.2 Å². The minimum Gasteiger partial charge on any atom is -0.454 e. The van der Waals surface area contributed by atoms with E-state index >= 15 is 4.57 Å². The van der Waals surface area contributed by atoms with Gasteiger partial charge in [0.05, 0.1) is 39.6 Å². The fraction of sp³-hybridized carbons (Fsp3) is 0.700. The van der Waals surface area contributed by atoms with Crippen molar-refractivity contribution in [1.29, 1.82) is 0 Å². The third kappa shape index (κ3) is 3.88. The van der Waals surface area contributed by atoms with Gasteiger partial charge in [-0.15, -0.1) is 0 Å². The Morgan fingerprint density at radius 2 is 1.27 bits per heavy atom. The second-order valence-electron chi connectivity index (χ2n) is 7.86. The van der Waals surface area contributed by atoms with Crippen LogP contribution in [0.3, 0.4) is 0 Å². The first kappa shape index (κ1) is 20.7. The Morgan fingerprint density at radius 3 is 1.87 bits per heavy atom. The molecule has 9 nitrogen and oxygen atoms in total. The van der Waals surface area contributed by atoms with Gasteiger partial charge in [-0.25, -0.2) is 9.34 Å². The van der Waals surface area contributed by atoms with Crippen LogP contribution in [-0.2, 0) is 18.8 Å². The van der Waals surface area contributed by atoms with Crippen molar-refractivity contribution >= 4 is 7.44 Å². The van der Waals surface area contributed by atoms with Crippen molar-refractivity contribution in [2.45, 2.75) is 5.78 Å². The van der Waals surface area contributed by atoms with Gasteiger partial charge in [0, 0.05) is 39.3 Å². The number of morpholine rings is 3. The first-order valence-corrected chi connectivity index (χ1v) is 12.4. The highest BCUT2D eigenvalue weighted by molar-refractivity contribution is 7.59. The molecule has 5 rings (SSSR count). The highest BCUT2D eigenvalue weighted by atomic mass is 31.2. The zero-order valence-corrected chi connectivity index (χ0v) is 18.1. The molecular weight excluding hydrogens is 409 g/mol. The lowest BCUT2D eigenvalue weighted by atomic mass is 10.1. The van der Waals surface area contributed by atoms with Gasteiger partial charge >= 0.3 is 0 Å². The molecule has 0 radical (unpaired) electrons. The monoisotopic (exact) mass is 439 g/mol. The van der Waals surface area contributed by atoms with Crippen molar-refractivity contribution in [2.24, 2.45) is 0 Å². The fourth-order valence-corrected chi connectivity index (χ4v) is 8.34. The van der Waals surface area contributed by atoms with Gasteiger partial charge in [0.25, 0.3) is 0 Å². The van der Waals surface area contributed by atoms with E-state index in [1.165, 1.54) is 0 Å². The standard InChI is InChI=1S/C20H30N3O6P/c24-30(22-5-11-26-12-6-22,23-7-13-27-14-8-23)20(21-3-9-25-10-4-21)17-1-2-18-19(15-17)29-16-28-18/h1-2,15,20H,3-14,16H2/t20-/m1/s1. The maximum absolute atomic E-state index is 15.2. The van der Waals surface area contributed by atoms with Gasteiger partial charge in [-0.3, -0.25) is 9.46 Å². The van der Waals surface area contributed by atoms with Gasteiger partial charge in [0.15, 0.2) is 11.5 Å². The summed E-state index contributed by atoms with van der Waals surface area (Å²) in [6.07, 6.45) is 0. The van der Waals surface area contributed by atoms with Gasteiger partial charge in [-0.2, -0.15) is 0 Å². The second kappa shape index (κ2) is 9.12. The van der Waals surface area contributed by atoms with E-state index in [1.54, 1.807) is 0 Å². The molecule has 1 aromatic carbocycles. The van der Waals surface area contributed by atoms with Gasteiger partial charge in [-0.1, -0.05) is 6.07 Å². The molecule has 30 heavy (non-hydrogen) atoms. The third-order valence-electron chi connectivity index (χ3n) is 6.19. The summed E-state index contributed by atoms with van der Waals surface area (Å²) < 4.78 is 47.5. The quantitative estimate of drug-likeness (QED) is 0.636. The average molecular weight is 439 g/mol. The average Bonchev–Trinajstić information content (AvgIpc) is 3.29. The molecule has 4 aliphatic rings. The topological polar surface area (TPSA) is 72.9 Å². The first-order valence-electron chi connectivity index (χ1n) is 10.7. The van der Waals surface area contributed by atoms with Crippen LogP contribution in [0, 0.1) is 0 Å². The Morgan fingerprint density at radius 1 is 0.733 bits per heavy atom. The molecule has 0 amide bonds. The van der Waals surface area contributed by atoms with Crippen LogP contribution >= 0.6 is 7.44 Å². The highest BCUT2D eigenvalue weighted by Crippen LogP contribution is 2.66. The van der Waals surface area contributed by atoms with E-state index in [1.807, 2.05) is 18.2 Å². The lowest BCUT2D eigenvalue weighted by molar-refractivity contribution is 0.0198. The molecule has 0 aliphatic carbocycles. The molecule has 0 aromatic heterocycles. The molecule has 0 saturated carbocycles. The minimum absolute atomic E-state index is 0.228. The Bertz CT molecular complexity index is 756. The van der Waals surface area contributed by atoms with Crippen molar-refractivity contribution in [3.8, 4) is 11.5 Å². The van der Waals surface area contributed by atoms with E-state index in [-0.39, 0.29) is 12.6 Å². The van der Waals surface area contributed by atoms with E-state index in [4.69, 9.17) is 23.7 Å². The summed E-state index contributed by atoms with van der Waals surface area (Å²) in [5.74, 6) is 1.19. The van der Waals surface area contributed by atoms with Crippen molar-refractivity contribution in [3.63, 3.8) is 0 Å². The van der Waals surface area contributed by atoms with Crippen molar-refractivity contribution in [1.82, 2.24) is 14.2 Å². The second-order valence-corrected chi connectivity index (χ2v) is 10.7. The van der Waals surface area contributed by atoms with Gasteiger partial charge < -0.3 is 23.7 Å². The smallest absolute Gasteiger partial charge is 0.237 e.